The molecule has 0 saturated carbocycles. The lowest BCUT2D eigenvalue weighted by atomic mass is 10.1. The van der Waals surface area contributed by atoms with E-state index in [1.165, 1.54) is 32.4 Å². The summed E-state index contributed by atoms with van der Waals surface area (Å²) in [7, 11) is 1.52. The van der Waals surface area contributed by atoms with Crippen LogP contribution in [0.5, 0.6) is 11.5 Å². The lowest BCUT2D eigenvalue weighted by Crippen LogP contribution is -2.23. The highest BCUT2D eigenvalue weighted by molar-refractivity contribution is 5.87. The molecule has 23 heavy (non-hydrogen) atoms. The molecule has 0 radical (unpaired) electrons. The van der Waals surface area contributed by atoms with Crippen LogP contribution in [-0.4, -0.2) is 24.7 Å². The van der Waals surface area contributed by atoms with E-state index in [1.807, 2.05) is 12.1 Å². The molecule has 2 N–H and O–H groups in total. The minimum absolute atomic E-state index is 0.103. The average Bonchev–Trinajstić information content (AvgIpc) is 2.55. The molecule has 0 aromatic heterocycles. The molecule has 0 unspecified atom stereocenters. The van der Waals surface area contributed by atoms with E-state index in [0.29, 0.717) is 18.7 Å². The first-order chi connectivity index (χ1) is 11.2. The molecule has 0 aliphatic heterocycles. The minimum atomic E-state index is -0.103. The maximum atomic E-state index is 11.6. The normalized spacial score (nSPS) is 11.2. The molecule has 0 saturated heterocycles. The summed E-state index contributed by atoms with van der Waals surface area (Å²) < 4.78 is 5.06. The summed E-state index contributed by atoms with van der Waals surface area (Å²) in [5.74, 6) is 0.463. The Hall–Kier alpha value is -2.23. The molecule has 0 aliphatic rings. The number of rotatable bonds is 10. The van der Waals surface area contributed by atoms with Crippen LogP contribution in [0.3, 0.4) is 0 Å². The van der Waals surface area contributed by atoms with Crippen molar-refractivity contribution in [2.75, 3.05) is 13.7 Å². The number of hydrogen-bond donors (Lipinski definition) is 2. The van der Waals surface area contributed by atoms with Gasteiger partial charge in [0.1, 0.15) is 0 Å². The summed E-state index contributed by atoms with van der Waals surface area (Å²) in [4.78, 5) is 11.6. The van der Waals surface area contributed by atoms with Crippen LogP contribution >= 0.6 is 0 Å². The number of hydrogen-bond acceptors (Lipinski definition) is 3. The molecule has 126 valence electrons. The average molecular weight is 317 g/mol. The predicted octanol–water partition coefficient (Wildman–Crippen LogP) is 3.75. The fraction of sp³-hybridized carbons (Fsp3) is 0.421. The molecule has 1 rings (SSSR count). The number of ether oxygens (including phenoxy) is 1. The number of phenols is 1. The van der Waals surface area contributed by atoms with Gasteiger partial charge in [-0.1, -0.05) is 44.1 Å². The van der Waals surface area contributed by atoms with E-state index in [2.05, 4.69) is 18.3 Å². The van der Waals surface area contributed by atoms with Gasteiger partial charge in [-0.3, -0.25) is 4.79 Å². The third kappa shape index (κ3) is 8.10. The highest BCUT2D eigenvalue weighted by Gasteiger charge is 2.03. The summed E-state index contributed by atoms with van der Waals surface area (Å²) >= 11 is 0. The SMILES string of the molecule is CCCCC/C=C/C=C/C(=O)NCCc1ccc(O)c(OC)c1. The third-order valence-corrected chi connectivity index (χ3v) is 3.43. The lowest BCUT2D eigenvalue weighted by molar-refractivity contribution is -0.116. The van der Waals surface area contributed by atoms with Gasteiger partial charge in [0.25, 0.3) is 0 Å². The Morgan fingerprint density at radius 2 is 2.13 bits per heavy atom. The Morgan fingerprint density at radius 1 is 1.30 bits per heavy atom. The van der Waals surface area contributed by atoms with Gasteiger partial charge in [-0.2, -0.15) is 0 Å². The van der Waals surface area contributed by atoms with Crippen LogP contribution in [0.1, 0.15) is 38.2 Å². The van der Waals surface area contributed by atoms with E-state index in [0.717, 1.165) is 12.0 Å². The molecule has 0 aliphatic carbocycles. The second-order valence-corrected chi connectivity index (χ2v) is 5.33. The van der Waals surface area contributed by atoms with Gasteiger partial charge in [-0.25, -0.2) is 0 Å². The van der Waals surface area contributed by atoms with Crippen LogP contribution in [0.25, 0.3) is 0 Å². The molecule has 1 aromatic rings. The quantitative estimate of drug-likeness (QED) is 0.392. The zero-order valence-corrected chi connectivity index (χ0v) is 14.0. The highest BCUT2D eigenvalue weighted by atomic mass is 16.5. The first-order valence-corrected chi connectivity index (χ1v) is 8.14. The highest BCUT2D eigenvalue weighted by Crippen LogP contribution is 2.26. The number of benzene rings is 1. The van der Waals surface area contributed by atoms with Gasteiger partial charge in [0.05, 0.1) is 7.11 Å². The number of carbonyl (C=O) groups excluding carboxylic acids is 1. The van der Waals surface area contributed by atoms with Crippen molar-refractivity contribution < 1.29 is 14.6 Å². The minimum Gasteiger partial charge on any atom is -0.504 e. The van der Waals surface area contributed by atoms with E-state index < -0.39 is 0 Å². The van der Waals surface area contributed by atoms with Crippen molar-refractivity contribution in [3.05, 3.63) is 48.1 Å². The van der Waals surface area contributed by atoms with Crippen molar-refractivity contribution in [1.82, 2.24) is 5.32 Å². The second kappa shape index (κ2) is 11.4. The van der Waals surface area contributed by atoms with E-state index in [9.17, 15) is 9.90 Å². The molecule has 0 heterocycles. The summed E-state index contributed by atoms with van der Waals surface area (Å²) in [6.07, 6.45) is 12.7. The van der Waals surface area contributed by atoms with E-state index in [-0.39, 0.29) is 11.7 Å². The number of unbranched alkanes of at least 4 members (excludes halogenated alkanes) is 3. The van der Waals surface area contributed by atoms with Crippen molar-refractivity contribution in [1.29, 1.82) is 0 Å². The molecule has 0 fully saturated rings. The van der Waals surface area contributed by atoms with Crippen LogP contribution in [0.2, 0.25) is 0 Å². The standard InChI is InChI=1S/C19H27NO3/c1-3-4-5-6-7-8-9-10-19(22)20-14-13-16-11-12-17(21)18(15-16)23-2/h7-12,15,21H,3-6,13-14H2,1-2H3,(H,20,22)/b8-7+,10-9+. The summed E-state index contributed by atoms with van der Waals surface area (Å²) in [5.41, 5.74) is 1.000. The Bertz CT molecular complexity index is 535. The van der Waals surface area contributed by atoms with Crippen LogP contribution in [0.15, 0.2) is 42.5 Å². The van der Waals surface area contributed by atoms with Crippen LogP contribution in [0, 0.1) is 0 Å². The number of aromatic hydroxyl groups is 1. The van der Waals surface area contributed by atoms with Gasteiger partial charge < -0.3 is 15.2 Å². The van der Waals surface area contributed by atoms with Crippen LogP contribution in [-0.2, 0) is 11.2 Å². The number of carbonyl (C=O) groups is 1. The maximum Gasteiger partial charge on any atom is 0.243 e. The van der Waals surface area contributed by atoms with Crippen molar-refractivity contribution >= 4 is 5.91 Å². The van der Waals surface area contributed by atoms with Crippen molar-refractivity contribution in [3.63, 3.8) is 0 Å². The van der Waals surface area contributed by atoms with E-state index in [1.54, 1.807) is 18.2 Å². The number of amides is 1. The Labute approximate surface area is 138 Å². The first kappa shape index (κ1) is 18.8. The summed E-state index contributed by atoms with van der Waals surface area (Å²) in [6.45, 7) is 2.72. The smallest absolute Gasteiger partial charge is 0.243 e. The Morgan fingerprint density at radius 3 is 2.87 bits per heavy atom. The monoisotopic (exact) mass is 317 g/mol. The van der Waals surface area contributed by atoms with Crippen molar-refractivity contribution in [2.24, 2.45) is 0 Å². The van der Waals surface area contributed by atoms with Crippen molar-refractivity contribution in [2.45, 2.75) is 39.0 Å². The number of phenolic OH excluding ortho intramolecular Hbond substituents is 1. The van der Waals surface area contributed by atoms with Crippen molar-refractivity contribution in [3.8, 4) is 11.5 Å². The largest absolute Gasteiger partial charge is 0.504 e. The van der Waals surface area contributed by atoms with Gasteiger partial charge in [-0.15, -0.1) is 0 Å². The molecule has 1 aromatic carbocycles. The molecule has 4 heteroatoms. The van der Waals surface area contributed by atoms with Gasteiger partial charge in [0, 0.05) is 12.6 Å². The first-order valence-electron chi connectivity index (χ1n) is 8.14. The summed E-state index contributed by atoms with van der Waals surface area (Å²) in [5, 5.41) is 12.4. The van der Waals surface area contributed by atoms with Crippen LogP contribution in [0.4, 0.5) is 0 Å². The fourth-order valence-corrected chi connectivity index (χ4v) is 2.10. The summed E-state index contributed by atoms with van der Waals surface area (Å²) in [6, 6.07) is 5.19. The second-order valence-electron chi connectivity index (χ2n) is 5.33. The topological polar surface area (TPSA) is 58.6 Å². The molecule has 0 atom stereocenters. The lowest BCUT2D eigenvalue weighted by Gasteiger charge is -2.07. The van der Waals surface area contributed by atoms with Gasteiger partial charge in [-0.05, 0) is 37.0 Å². The van der Waals surface area contributed by atoms with E-state index >= 15 is 0 Å². The molecule has 4 nitrogen and oxygen atoms in total. The number of nitrogens with one attached hydrogen (secondary N) is 1. The van der Waals surface area contributed by atoms with Gasteiger partial charge >= 0.3 is 0 Å². The van der Waals surface area contributed by atoms with Crippen LogP contribution < -0.4 is 10.1 Å². The Balaban J connectivity index is 2.26. The predicted molar refractivity (Wildman–Crippen MR) is 93.8 cm³/mol. The maximum absolute atomic E-state index is 11.6. The molecular weight excluding hydrogens is 290 g/mol. The van der Waals surface area contributed by atoms with Gasteiger partial charge in [0.15, 0.2) is 11.5 Å². The number of allylic oxidation sites excluding steroid dienone is 3. The van der Waals surface area contributed by atoms with Gasteiger partial charge in [0.2, 0.25) is 5.91 Å². The molecule has 0 spiro atoms. The third-order valence-electron chi connectivity index (χ3n) is 3.43. The van der Waals surface area contributed by atoms with E-state index in [4.69, 9.17) is 4.74 Å². The molecular formula is C19H27NO3. The zero-order valence-electron chi connectivity index (χ0n) is 14.0. The Kier molecular flexibility index (Phi) is 9.29. The fourth-order valence-electron chi connectivity index (χ4n) is 2.10. The zero-order chi connectivity index (χ0) is 16.9. The number of methoxy groups -OCH3 is 1. The molecule has 1 amide bonds. The molecule has 0 bridgehead atoms.